The quantitative estimate of drug-likeness (QED) is 0.379. The van der Waals surface area contributed by atoms with Crippen molar-refractivity contribution in [1.82, 2.24) is 0 Å². The fourth-order valence-corrected chi connectivity index (χ4v) is 2.74. The molecule has 0 fully saturated rings. The maximum atomic E-state index is 13.2. The molecule has 18 heavy (non-hydrogen) atoms. The van der Waals surface area contributed by atoms with Gasteiger partial charge in [-0.15, -0.1) is 0 Å². The Kier molecular flexibility index (Phi) is 5.41. The molecule has 0 radical (unpaired) electrons. The highest BCUT2D eigenvalue weighted by atomic mass is 36.2. The molecule has 0 atom stereocenters. The lowest BCUT2D eigenvalue weighted by atomic mass is 10.1. The van der Waals surface area contributed by atoms with Gasteiger partial charge < -0.3 is 0 Å². The molecule has 0 spiro atoms. The Morgan fingerprint density at radius 3 is 1.50 bits per heavy atom. The summed E-state index contributed by atoms with van der Waals surface area (Å²) in [6.45, 7) is 0. The van der Waals surface area contributed by atoms with Crippen LogP contribution in [-0.2, 0) is 6.42 Å². The fraction of sp³-hybridized carbons (Fsp3) is 0.333. The van der Waals surface area contributed by atoms with E-state index in [0.29, 0.717) is 0 Å². The molecule has 9 heteroatoms. The molecule has 0 bridgehead atoms. The summed E-state index contributed by atoms with van der Waals surface area (Å²) in [5.74, 6) is -9.79. The van der Waals surface area contributed by atoms with Crippen molar-refractivity contribution in [3.05, 3.63) is 34.6 Å². The van der Waals surface area contributed by atoms with Gasteiger partial charge in [-0.25, -0.2) is 22.0 Å². The van der Waals surface area contributed by atoms with E-state index < -0.39 is 48.7 Å². The van der Waals surface area contributed by atoms with Crippen LogP contribution in [0.3, 0.4) is 0 Å². The van der Waals surface area contributed by atoms with Crippen LogP contribution in [0.15, 0.2) is 0 Å². The zero-order chi connectivity index (χ0) is 14.1. The highest BCUT2D eigenvalue weighted by Gasteiger charge is 2.25. The summed E-state index contributed by atoms with van der Waals surface area (Å²) >= 11 is 0. The van der Waals surface area contributed by atoms with Gasteiger partial charge in [0.1, 0.15) is 0 Å². The van der Waals surface area contributed by atoms with E-state index in [1.54, 1.807) is 0 Å². The van der Waals surface area contributed by atoms with Crippen LogP contribution < -0.4 is 0 Å². The first-order chi connectivity index (χ1) is 8.15. The van der Waals surface area contributed by atoms with Gasteiger partial charge in [-0.2, -0.15) is 0 Å². The standard InChI is InChI=1S/C9H6Cl3F5S/c10-18(11,12)3-1-2-4-5(13)7(15)9(17)8(16)6(4)14/h1-3H2. The minimum Gasteiger partial charge on any atom is -0.203 e. The Morgan fingerprint density at radius 2 is 1.11 bits per heavy atom. The Balaban J connectivity index is 2.96. The van der Waals surface area contributed by atoms with E-state index in [-0.39, 0.29) is 12.2 Å². The lowest BCUT2D eigenvalue weighted by Gasteiger charge is -2.15. The molecule has 0 aromatic heterocycles. The van der Waals surface area contributed by atoms with Crippen LogP contribution in [0.4, 0.5) is 22.0 Å². The van der Waals surface area contributed by atoms with Crippen molar-refractivity contribution < 1.29 is 22.0 Å². The molecule has 104 valence electrons. The maximum Gasteiger partial charge on any atom is 0.200 e. The van der Waals surface area contributed by atoms with E-state index in [0.717, 1.165) is 0 Å². The second-order valence-electron chi connectivity index (χ2n) is 3.36. The average Bonchev–Trinajstić information content (AvgIpc) is 2.27. The predicted molar refractivity (Wildman–Crippen MR) is 64.6 cm³/mol. The fourth-order valence-electron chi connectivity index (χ4n) is 1.28. The van der Waals surface area contributed by atoms with Crippen LogP contribution in [0.2, 0.25) is 0 Å². The molecular weight excluding hydrogens is 342 g/mol. The van der Waals surface area contributed by atoms with Crippen molar-refractivity contribution >= 4 is 39.7 Å². The third kappa shape index (κ3) is 3.79. The Labute approximate surface area is 115 Å². The molecule has 0 saturated heterocycles. The molecule has 1 rings (SSSR count). The zero-order valence-corrected chi connectivity index (χ0v) is 11.6. The van der Waals surface area contributed by atoms with Gasteiger partial charge in [0.15, 0.2) is 23.3 Å². The van der Waals surface area contributed by atoms with E-state index in [1.807, 2.05) is 0 Å². The second kappa shape index (κ2) is 6.03. The predicted octanol–water partition coefficient (Wildman–Crippen LogP) is 5.58. The summed E-state index contributed by atoms with van der Waals surface area (Å²) in [6, 6.07) is 0. The maximum absolute atomic E-state index is 13.2. The Hall–Kier alpha value is 0.0900. The van der Waals surface area contributed by atoms with E-state index in [1.165, 1.54) is 0 Å². The molecule has 0 nitrogen and oxygen atoms in total. The summed E-state index contributed by atoms with van der Waals surface area (Å²) in [5.41, 5.74) is -0.889. The number of halogens is 8. The van der Waals surface area contributed by atoms with Gasteiger partial charge in [0.25, 0.3) is 0 Å². The van der Waals surface area contributed by atoms with E-state index in [4.69, 9.17) is 32.0 Å². The summed E-state index contributed by atoms with van der Waals surface area (Å²) in [4.78, 5) is 0. The number of hydrogen-bond donors (Lipinski definition) is 0. The Morgan fingerprint density at radius 1 is 0.722 bits per heavy atom. The summed E-state index contributed by atoms with van der Waals surface area (Å²) < 4.78 is 64.8. The first-order valence-electron chi connectivity index (χ1n) is 4.55. The largest absolute Gasteiger partial charge is 0.203 e. The smallest absolute Gasteiger partial charge is 0.200 e. The third-order valence-corrected chi connectivity index (χ3v) is 4.24. The zero-order valence-electron chi connectivity index (χ0n) is 8.55. The van der Waals surface area contributed by atoms with Gasteiger partial charge in [0.2, 0.25) is 5.82 Å². The normalized spacial score (nSPS) is 12.9. The Bertz CT molecular complexity index is 431. The molecule has 0 aliphatic heterocycles. The molecule has 0 unspecified atom stereocenters. The van der Waals surface area contributed by atoms with Gasteiger partial charge in [-0.05, 0) is 52.6 Å². The van der Waals surface area contributed by atoms with Crippen LogP contribution >= 0.6 is 39.7 Å². The number of benzene rings is 1. The van der Waals surface area contributed by atoms with Crippen molar-refractivity contribution in [2.24, 2.45) is 0 Å². The minimum absolute atomic E-state index is 0.00415. The first kappa shape index (κ1) is 16.1. The van der Waals surface area contributed by atoms with E-state index in [9.17, 15) is 22.0 Å². The highest BCUT2D eigenvalue weighted by Crippen LogP contribution is 2.63. The van der Waals surface area contributed by atoms with Gasteiger partial charge in [0, 0.05) is 11.3 Å². The highest BCUT2D eigenvalue weighted by molar-refractivity contribution is 8.79. The third-order valence-electron chi connectivity index (χ3n) is 2.10. The van der Waals surface area contributed by atoms with E-state index >= 15 is 0 Å². The molecule has 0 amide bonds. The molecule has 0 N–H and O–H groups in total. The molecule has 0 aliphatic carbocycles. The van der Waals surface area contributed by atoms with E-state index in [2.05, 4.69) is 0 Å². The number of hydrogen-bond acceptors (Lipinski definition) is 0. The molecule has 0 saturated carbocycles. The number of rotatable bonds is 4. The summed E-state index contributed by atoms with van der Waals surface area (Å²) in [6.07, 6.45) is -0.392. The van der Waals surface area contributed by atoms with Crippen LogP contribution in [-0.4, -0.2) is 5.75 Å². The van der Waals surface area contributed by atoms with Crippen molar-refractivity contribution in [3.63, 3.8) is 0 Å². The lowest BCUT2D eigenvalue weighted by Crippen LogP contribution is -2.07. The average molecular weight is 348 g/mol. The van der Waals surface area contributed by atoms with Crippen molar-refractivity contribution in [2.45, 2.75) is 12.8 Å². The lowest BCUT2D eigenvalue weighted by molar-refractivity contribution is 0.369. The minimum atomic E-state index is -2.44. The van der Waals surface area contributed by atoms with Crippen LogP contribution in [0.1, 0.15) is 12.0 Å². The van der Waals surface area contributed by atoms with Crippen LogP contribution in [0, 0.1) is 29.1 Å². The van der Waals surface area contributed by atoms with Crippen LogP contribution in [0.5, 0.6) is 0 Å². The summed E-state index contributed by atoms with van der Waals surface area (Å²) in [7, 11) is 14.0. The monoisotopic (exact) mass is 346 g/mol. The van der Waals surface area contributed by atoms with Crippen molar-refractivity contribution in [3.8, 4) is 0 Å². The van der Waals surface area contributed by atoms with Crippen molar-refractivity contribution in [1.29, 1.82) is 0 Å². The molecular formula is C9H6Cl3F5S. The van der Waals surface area contributed by atoms with Crippen LogP contribution in [0.25, 0.3) is 0 Å². The molecule has 1 aromatic carbocycles. The molecule has 1 aromatic rings. The summed E-state index contributed by atoms with van der Waals surface area (Å²) in [5, 5.41) is 0. The first-order valence-corrected chi connectivity index (χ1v) is 8.83. The van der Waals surface area contributed by atoms with Crippen molar-refractivity contribution in [2.75, 3.05) is 5.75 Å². The second-order valence-corrected chi connectivity index (χ2v) is 10.9. The van der Waals surface area contributed by atoms with Gasteiger partial charge in [-0.3, -0.25) is 0 Å². The molecule has 0 aliphatic rings. The van der Waals surface area contributed by atoms with Gasteiger partial charge >= 0.3 is 0 Å². The SMILES string of the molecule is Fc1c(F)c(F)c(CCCS(Cl)(Cl)Cl)c(F)c1F. The van der Waals surface area contributed by atoms with Gasteiger partial charge in [0.05, 0.1) is 0 Å². The topological polar surface area (TPSA) is 0 Å². The van der Waals surface area contributed by atoms with Gasteiger partial charge in [-0.1, -0.05) is 0 Å². The molecule has 0 heterocycles.